The van der Waals surface area contributed by atoms with E-state index in [0.29, 0.717) is 0 Å². The van der Waals surface area contributed by atoms with Crippen molar-refractivity contribution in [3.05, 3.63) is 53.9 Å². The molecule has 4 nitrogen and oxygen atoms in total. The fourth-order valence-electron chi connectivity index (χ4n) is 1.94. The summed E-state index contributed by atoms with van der Waals surface area (Å²) in [7, 11) is 1.65. The number of hydrogen-bond acceptors (Lipinski definition) is 5. The summed E-state index contributed by atoms with van der Waals surface area (Å²) in [6.45, 7) is 0. The molecule has 3 rings (SSSR count). The molecule has 5 heteroatoms. The molecule has 0 atom stereocenters. The highest BCUT2D eigenvalue weighted by Gasteiger charge is 2.05. The number of rotatable bonds is 4. The summed E-state index contributed by atoms with van der Waals surface area (Å²) in [6.07, 6.45) is 0. The number of methoxy groups -OCH3 is 1. The van der Waals surface area contributed by atoms with Gasteiger partial charge in [0, 0.05) is 28.4 Å². The minimum atomic E-state index is 0.753. The Labute approximate surface area is 127 Å². The van der Waals surface area contributed by atoms with Gasteiger partial charge in [0.15, 0.2) is 5.13 Å². The van der Waals surface area contributed by atoms with E-state index in [1.807, 2.05) is 53.9 Å². The molecule has 0 saturated carbocycles. The van der Waals surface area contributed by atoms with Gasteiger partial charge in [-0.05, 0) is 24.3 Å². The lowest BCUT2D eigenvalue weighted by Gasteiger charge is -2.04. The number of ether oxygens (including phenoxy) is 1. The van der Waals surface area contributed by atoms with Crippen LogP contribution < -0.4 is 15.8 Å². The zero-order valence-electron chi connectivity index (χ0n) is 11.5. The first-order chi connectivity index (χ1) is 10.2. The lowest BCUT2D eigenvalue weighted by Crippen LogP contribution is -1.91. The van der Waals surface area contributed by atoms with Crippen LogP contribution in [-0.4, -0.2) is 12.1 Å². The third-order valence-corrected chi connectivity index (χ3v) is 3.79. The zero-order chi connectivity index (χ0) is 14.7. The van der Waals surface area contributed by atoms with Crippen molar-refractivity contribution in [2.75, 3.05) is 18.2 Å². The average molecular weight is 297 g/mol. The molecule has 0 radical (unpaired) electrons. The number of nitrogens with two attached hydrogens (primary N) is 1. The maximum Gasteiger partial charge on any atom is 0.187 e. The predicted octanol–water partition coefficient (Wildman–Crippen LogP) is 4.14. The molecule has 106 valence electrons. The molecule has 0 aliphatic carbocycles. The van der Waals surface area contributed by atoms with Crippen molar-refractivity contribution in [1.29, 1.82) is 0 Å². The molecule has 0 fully saturated rings. The van der Waals surface area contributed by atoms with Crippen LogP contribution >= 0.6 is 11.3 Å². The minimum absolute atomic E-state index is 0.753. The van der Waals surface area contributed by atoms with Crippen molar-refractivity contribution >= 4 is 27.8 Å². The van der Waals surface area contributed by atoms with E-state index in [0.717, 1.165) is 33.5 Å². The van der Waals surface area contributed by atoms with E-state index in [4.69, 9.17) is 10.5 Å². The Morgan fingerprint density at radius 2 is 1.95 bits per heavy atom. The Bertz CT molecular complexity index is 737. The summed E-state index contributed by atoms with van der Waals surface area (Å²) < 4.78 is 5.21. The quantitative estimate of drug-likeness (QED) is 0.710. The first-order valence-corrected chi connectivity index (χ1v) is 7.35. The third kappa shape index (κ3) is 3.14. The predicted molar refractivity (Wildman–Crippen MR) is 88.2 cm³/mol. The second-order valence-electron chi connectivity index (χ2n) is 4.52. The molecule has 3 aromatic rings. The number of nitrogen functional groups attached to an aromatic ring is 1. The highest BCUT2D eigenvalue weighted by atomic mass is 32.1. The molecule has 0 unspecified atom stereocenters. The van der Waals surface area contributed by atoms with Crippen molar-refractivity contribution in [2.45, 2.75) is 0 Å². The third-order valence-electron chi connectivity index (χ3n) is 3.03. The molecular weight excluding hydrogens is 282 g/mol. The van der Waals surface area contributed by atoms with Crippen LogP contribution in [0.1, 0.15) is 0 Å². The molecular formula is C16H15N3OS. The maximum atomic E-state index is 5.70. The molecule has 0 spiro atoms. The van der Waals surface area contributed by atoms with Crippen molar-refractivity contribution in [3.8, 4) is 17.0 Å². The van der Waals surface area contributed by atoms with Crippen LogP contribution in [0, 0.1) is 0 Å². The maximum absolute atomic E-state index is 5.70. The van der Waals surface area contributed by atoms with E-state index in [1.165, 1.54) is 0 Å². The van der Waals surface area contributed by atoms with Crippen LogP contribution in [0.2, 0.25) is 0 Å². The average Bonchev–Trinajstić information content (AvgIpc) is 2.96. The number of thiazole rings is 1. The number of nitrogens with zero attached hydrogens (tertiary/aromatic N) is 1. The van der Waals surface area contributed by atoms with Crippen LogP contribution in [-0.2, 0) is 0 Å². The molecule has 3 N–H and O–H groups in total. The van der Waals surface area contributed by atoms with Crippen molar-refractivity contribution in [1.82, 2.24) is 4.98 Å². The summed E-state index contributed by atoms with van der Waals surface area (Å²) in [6, 6.07) is 15.5. The van der Waals surface area contributed by atoms with Gasteiger partial charge < -0.3 is 15.8 Å². The van der Waals surface area contributed by atoms with E-state index in [-0.39, 0.29) is 0 Å². The van der Waals surface area contributed by atoms with Gasteiger partial charge in [-0.3, -0.25) is 0 Å². The van der Waals surface area contributed by atoms with Gasteiger partial charge in [0.2, 0.25) is 0 Å². The smallest absolute Gasteiger partial charge is 0.187 e. The standard InChI is InChI=1S/C16H15N3OS/c1-20-14-4-2-3-13(9-14)18-16-19-15(10-21-16)11-5-7-12(17)8-6-11/h2-10H,17H2,1H3,(H,18,19). The van der Waals surface area contributed by atoms with E-state index in [9.17, 15) is 0 Å². The van der Waals surface area contributed by atoms with Gasteiger partial charge in [0.1, 0.15) is 5.75 Å². The summed E-state index contributed by atoms with van der Waals surface area (Å²) in [5.41, 5.74) is 9.39. The fraction of sp³-hybridized carbons (Fsp3) is 0.0625. The molecule has 1 aromatic heterocycles. The molecule has 0 aliphatic heterocycles. The Morgan fingerprint density at radius 3 is 2.71 bits per heavy atom. The largest absolute Gasteiger partial charge is 0.497 e. The van der Waals surface area contributed by atoms with Crippen molar-refractivity contribution < 1.29 is 4.74 Å². The summed E-state index contributed by atoms with van der Waals surface area (Å²) >= 11 is 1.56. The van der Waals surface area contributed by atoms with E-state index in [2.05, 4.69) is 10.3 Å². The second kappa shape index (κ2) is 5.85. The highest BCUT2D eigenvalue weighted by Crippen LogP contribution is 2.28. The SMILES string of the molecule is COc1cccc(Nc2nc(-c3ccc(N)cc3)cs2)c1. The van der Waals surface area contributed by atoms with E-state index in [1.54, 1.807) is 18.4 Å². The van der Waals surface area contributed by atoms with Crippen LogP contribution in [0.4, 0.5) is 16.5 Å². The number of anilines is 3. The number of benzene rings is 2. The summed E-state index contributed by atoms with van der Waals surface area (Å²) in [4.78, 5) is 4.59. The zero-order valence-corrected chi connectivity index (χ0v) is 12.4. The van der Waals surface area contributed by atoms with Crippen molar-refractivity contribution in [2.24, 2.45) is 0 Å². The molecule has 1 heterocycles. The van der Waals surface area contributed by atoms with Crippen LogP contribution in [0.25, 0.3) is 11.3 Å². The van der Waals surface area contributed by atoms with Gasteiger partial charge in [0.25, 0.3) is 0 Å². The minimum Gasteiger partial charge on any atom is -0.497 e. The topological polar surface area (TPSA) is 60.2 Å². The molecule has 0 saturated heterocycles. The van der Waals surface area contributed by atoms with Gasteiger partial charge in [-0.1, -0.05) is 18.2 Å². The Kier molecular flexibility index (Phi) is 3.75. The molecule has 0 amide bonds. The monoisotopic (exact) mass is 297 g/mol. The Hall–Kier alpha value is -2.53. The van der Waals surface area contributed by atoms with Gasteiger partial charge in [0.05, 0.1) is 12.8 Å². The summed E-state index contributed by atoms with van der Waals surface area (Å²) in [5, 5.41) is 6.15. The van der Waals surface area contributed by atoms with Gasteiger partial charge in [-0.2, -0.15) is 0 Å². The van der Waals surface area contributed by atoms with E-state index < -0.39 is 0 Å². The first kappa shape index (κ1) is 13.5. The Balaban J connectivity index is 1.80. The van der Waals surface area contributed by atoms with Crippen molar-refractivity contribution in [3.63, 3.8) is 0 Å². The lowest BCUT2D eigenvalue weighted by molar-refractivity contribution is 0.415. The first-order valence-electron chi connectivity index (χ1n) is 6.47. The van der Waals surface area contributed by atoms with Gasteiger partial charge in [-0.25, -0.2) is 4.98 Å². The van der Waals surface area contributed by atoms with E-state index >= 15 is 0 Å². The number of hydrogen-bond donors (Lipinski definition) is 2. The number of nitrogens with one attached hydrogen (secondary N) is 1. The lowest BCUT2D eigenvalue weighted by atomic mass is 10.1. The molecule has 0 bridgehead atoms. The van der Waals surface area contributed by atoms with Gasteiger partial charge in [-0.15, -0.1) is 11.3 Å². The number of aromatic nitrogens is 1. The van der Waals surface area contributed by atoms with Crippen LogP contribution in [0.15, 0.2) is 53.9 Å². The molecule has 2 aromatic carbocycles. The Morgan fingerprint density at radius 1 is 1.14 bits per heavy atom. The van der Waals surface area contributed by atoms with Gasteiger partial charge >= 0.3 is 0 Å². The molecule has 21 heavy (non-hydrogen) atoms. The highest BCUT2D eigenvalue weighted by molar-refractivity contribution is 7.14. The summed E-state index contributed by atoms with van der Waals surface area (Å²) in [5.74, 6) is 0.815. The fourth-order valence-corrected chi connectivity index (χ4v) is 2.68. The molecule has 0 aliphatic rings. The van der Waals surface area contributed by atoms with Crippen LogP contribution in [0.5, 0.6) is 5.75 Å². The second-order valence-corrected chi connectivity index (χ2v) is 5.37. The normalized spacial score (nSPS) is 10.3. The van der Waals surface area contributed by atoms with Crippen LogP contribution in [0.3, 0.4) is 0 Å².